The fourth-order valence-corrected chi connectivity index (χ4v) is 3.01. The number of carbonyl (C=O) groups is 2. The second-order valence-electron chi connectivity index (χ2n) is 5.74. The lowest BCUT2D eigenvalue weighted by molar-refractivity contribution is -0.163. The molecule has 0 aromatic carbocycles. The molecule has 0 aromatic heterocycles. The molecule has 106 valence electrons. The molecule has 2 amide bonds. The molecule has 2 atom stereocenters. The number of allylic oxidation sites excluding steroid dienone is 1. The molecule has 2 unspecified atom stereocenters. The minimum atomic E-state index is -0.266. The van der Waals surface area contributed by atoms with Crippen molar-refractivity contribution in [1.29, 1.82) is 0 Å². The van der Waals surface area contributed by atoms with E-state index in [-0.39, 0.29) is 23.9 Å². The molecule has 0 N–H and O–H groups in total. The summed E-state index contributed by atoms with van der Waals surface area (Å²) >= 11 is 0. The summed E-state index contributed by atoms with van der Waals surface area (Å²) in [6.07, 6.45) is 5.64. The van der Waals surface area contributed by atoms with Crippen LogP contribution in [0.2, 0.25) is 0 Å². The van der Waals surface area contributed by atoms with Gasteiger partial charge in [0.25, 0.3) is 0 Å². The zero-order valence-electron chi connectivity index (χ0n) is 12.2. The number of hydrogen-bond donors (Lipinski definition) is 0. The Morgan fingerprint density at radius 1 is 1.26 bits per heavy atom. The number of rotatable bonds is 3. The van der Waals surface area contributed by atoms with E-state index in [0.29, 0.717) is 13.0 Å². The Balaban J connectivity index is 2.23. The lowest BCUT2D eigenvalue weighted by Crippen LogP contribution is -2.65. The zero-order valence-corrected chi connectivity index (χ0v) is 12.2. The van der Waals surface area contributed by atoms with Crippen LogP contribution in [0.3, 0.4) is 0 Å². The predicted molar refractivity (Wildman–Crippen MR) is 74.6 cm³/mol. The van der Waals surface area contributed by atoms with Gasteiger partial charge in [0.2, 0.25) is 11.8 Å². The highest BCUT2D eigenvalue weighted by Crippen LogP contribution is 2.27. The predicted octanol–water partition coefficient (Wildman–Crippen LogP) is 1.95. The third-order valence-electron chi connectivity index (χ3n) is 4.10. The van der Waals surface area contributed by atoms with E-state index >= 15 is 0 Å². The van der Waals surface area contributed by atoms with Gasteiger partial charge < -0.3 is 9.80 Å². The van der Waals surface area contributed by atoms with E-state index < -0.39 is 0 Å². The van der Waals surface area contributed by atoms with E-state index in [0.717, 1.165) is 25.8 Å². The molecule has 0 radical (unpaired) electrons. The molecule has 0 saturated carbocycles. The smallest absolute Gasteiger partial charge is 0.246 e. The highest BCUT2D eigenvalue weighted by atomic mass is 16.2. The number of piperazine rings is 1. The van der Waals surface area contributed by atoms with Gasteiger partial charge in [-0.25, -0.2) is 0 Å². The molecule has 2 rings (SSSR count). The molecule has 2 aliphatic rings. The molecule has 4 heteroatoms. The van der Waals surface area contributed by atoms with Gasteiger partial charge in [0, 0.05) is 13.1 Å². The maximum Gasteiger partial charge on any atom is 0.246 e. The largest absolute Gasteiger partial charge is 0.329 e. The van der Waals surface area contributed by atoms with E-state index in [4.69, 9.17) is 0 Å². The lowest BCUT2D eigenvalue weighted by atomic mass is 9.94. The van der Waals surface area contributed by atoms with Crippen molar-refractivity contribution >= 4 is 11.8 Å². The van der Waals surface area contributed by atoms with Crippen molar-refractivity contribution in [1.82, 2.24) is 9.80 Å². The van der Waals surface area contributed by atoms with E-state index in [9.17, 15) is 9.59 Å². The zero-order chi connectivity index (χ0) is 14.0. The van der Waals surface area contributed by atoms with Crippen LogP contribution >= 0.6 is 0 Å². The van der Waals surface area contributed by atoms with Gasteiger partial charge in [-0.3, -0.25) is 9.59 Å². The first-order valence-corrected chi connectivity index (χ1v) is 7.30. The van der Waals surface area contributed by atoms with Crippen LogP contribution in [0, 0.1) is 0 Å². The highest BCUT2D eigenvalue weighted by Gasteiger charge is 2.45. The molecule has 2 heterocycles. The quantitative estimate of drug-likeness (QED) is 0.731. The molecule has 2 saturated heterocycles. The summed E-state index contributed by atoms with van der Waals surface area (Å²) in [6, 6.07) is -0.466. The number of fused-ring (bicyclic) bond motifs is 1. The molecule has 19 heavy (non-hydrogen) atoms. The first-order valence-electron chi connectivity index (χ1n) is 7.30. The fraction of sp³-hybridized carbons (Fsp3) is 0.733. The molecule has 2 fully saturated rings. The third-order valence-corrected chi connectivity index (χ3v) is 4.10. The molecular weight excluding hydrogens is 240 g/mol. The van der Waals surface area contributed by atoms with E-state index in [1.165, 1.54) is 5.57 Å². The van der Waals surface area contributed by atoms with Crippen LogP contribution in [0.4, 0.5) is 0 Å². The van der Waals surface area contributed by atoms with Gasteiger partial charge in [-0.15, -0.1) is 0 Å². The normalized spacial score (nSPS) is 27.3. The summed E-state index contributed by atoms with van der Waals surface area (Å²) in [7, 11) is 0. The Labute approximate surface area is 115 Å². The Hall–Kier alpha value is -1.32. The second kappa shape index (κ2) is 5.76. The van der Waals surface area contributed by atoms with Crippen molar-refractivity contribution in [2.45, 2.75) is 58.5 Å². The maximum absolute atomic E-state index is 12.6. The Morgan fingerprint density at radius 2 is 2.00 bits per heavy atom. The van der Waals surface area contributed by atoms with E-state index in [1.807, 2.05) is 31.7 Å². The van der Waals surface area contributed by atoms with Crippen molar-refractivity contribution in [3.05, 3.63) is 11.6 Å². The van der Waals surface area contributed by atoms with Crippen LogP contribution < -0.4 is 0 Å². The van der Waals surface area contributed by atoms with Gasteiger partial charge in [-0.1, -0.05) is 18.6 Å². The van der Waals surface area contributed by atoms with Crippen LogP contribution in [-0.4, -0.2) is 46.8 Å². The Kier molecular flexibility index (Phi) is 4.27. The van der Waals surface area contributed by atoms with Gasteiger partial charge in [0.05, 0.1) is 0 Å². The summed E-state index contributed by atoms with van der Waals surface area (Å²) in [5.74, 6) is 0.289. The van der Waals surface area contributed by atoms with Gasteiger partial charge in [0.1, 0.15) is 12.1 Å². The van der Waals surface area contributed by atoms with Crippen LogP contribution in [0.1, 0.15) is 46.5 Å². The molecular formula is C15H24N2O2. The minimum absolute atomic E-state index is 0.142. The average molecular weight is 264 g/mol. The van der Waals surface area contributed by atoms with Gasteiger partial charge in [-0.05, 0) is 39.5 Å². The van der Waals surface area contributed by atoms with Crippen molar-refractivity contribution in [3.8, 4) is 0 Å². The van der Waals surface area contributed by atoms with Crippen LogP contribution in [0.25, 0.3) is 0 Å². The fourth-order valence-electron chi connectivity index (χ4n) is 3.01. The number of piperidine rings is 1. The van der Waals surface area contributed by atoms with Gasteiger partial charge in [0.15, 0.2) is 0 Å². The summed E-state index contributed by atoms with van der Waals surface area (Å²) < 4.78 is 0. The van der Waals surface area contributed by atoms with Gasteiger partial charge >= 0.3 is 0 Å². The van der Waals surface area contributed by atoms with Crippen molar-refractivity contribution < 1.29 is 9.59 Å². The maximum atomic E-state index is 12.6. The molecule has 0 bridgehead atoms. The molecule has 0 spiro atoms. The molecule has 0 aliphatic carbocycles. The summed E-state index contributed by atoms with van der Waals surface area (Å²) in [6.45, 7) is 7.34. The average Bonchev–Trinajstić information content (AvgIpc) is 2.41. The van der Waals surface area contributed by atoms with Gasteiger partial charge in [-0.2, -0.15) is 0 Å². The number of hydrogen-bond acceptors (Lipinski definition) is 2. The monoisotopic (exact) mass is 264 g/mol. The Bertz CT molecular complexity index is 399. The van der Waals surface area contributed by atoms with Crippen LogP contribution in [0.5, 0.6) is 0 Å². The summed E-state index contributed by atoms with van der Waals surface area (Å²) in [5.41, 5.74) is 1.18. The SMILES string of the molecule is CCC1C(=O)N2CCCCC2C(=O)N1CC=C(C)C. The Morgan fingerprint density at radius 3 is 2.63 bits per heavy atom. The lowest BCUT2D eigenvalue weighted by Gasteiger charge is -2.46. The second-order valence-corrected chi connectivity index (χ2v) is 5.74. The first kappa shape index (κ1) is 14.1. The summed E-state index contributed by atoms with van der Waals surface area (Å²) in [4.78, 5) is 28.7. The van der Waals surface area contributed by atoms with Crippen LogP contribution in [0.15, 0.2) is 11.6 Å². The molecule has 0 aromatic rings. The number of carbonyl (C=O) groups excluding carboxylic acids is 2. The first-order chi connectivity index (χ1) is 9.06. The highest BCUT2D eigenvalue weighted by molar-refractivity contribution is 5.97. The summed E-state index contributed by atoms with van der Waals surface area (Å²) in [5, 5.41) is 0. The van der Waals surface area contributed by atoms with Crippen molar-refractivity contribution in [3.63, 3.8) is 0 Å². The van der Waals surface area contributed by atoms with Crippen LogP contribution in [-0.2, 0) is 9.59 Å². The molecule has 4 nitrogen and oxygen atoms in total. The standard InChI is InChI=1S/C15H24N2O2/c1-4-12-14(18)16-9-6-5-7-13(16)15(19)17(12)10-8-11(2)3/h8,12-13H,4-7,9-10H2,1-3H3. The molecule has 2 aliphatic heterocycles. The van der Waals surface area contributed by atoms with Crippen molar-refractivity contribution in [2.75, 3.05) is 13.1 Å². The van der Waals surface area contributed by atoms with Crippen molar-refractivity contribution in [2.24, 2.45) is 0 Å². The number of amides is 2. The third kappa shape index (κ3) is 2.67. The van der Waals surface area contributed by atoms with E-state index in [1.54, 1.807) is 4.90 Å². The number of nitrogens with zero attached hydrogens (tertiary/aromatic N) is 2. The topological polar surface area (TPSA) is 40.6 Å². The minimum Gasteiger partial charge on any atom is -0.329 e. The van der Waals surface area contributed by atoms with E-state index in [2.05, 4.69) is 0 Å².